The summed E-state index contributed by atoms with van der Waals surface area (Å²) in [5.41, 5.74) is 7.09. The van der Waals surface area contributed by atoms with E-state index in [0.717, 1.165) is 12.1 Å². The Morgan fingerprint density at radius 1 is 1.21 bits per heavy atom. The second-order valence-corrected chi connectivity index (χ2v) is 6.48. The number of carbonyl (C=O) groups excluding carboxylic acids is 1. The molecule has 1 fully saturated rings. The highest BCUT2D eigenvalue weighted by molar-refractivity contribution is 8.00. The normalized spacial score (nSPS) is 23.7. The summed E-state index contributed by atoms with van der Waals surface area (Å²) in [6, 6.07) is 8.33. The van der Waals surface area contributed by atoms with E-state index >= 15 is 0 Å². The first kappa shape index (κ1) is 14.4. The molecule has 1 amide bonds. The number of amides is 1. The highest BCUT2D eigenvalue weighted by Crippen LogP contribution is 2.32. The molecule has 0 aliphatic heterocycles. The summed E-state index contributed by atoms with van der Waals surface area (Å²) in [5, 5.41) is 3.30. The van der Waals surface area contributed by atoms with Gasteiger partial charge in [0.1, 0.15) is 0 Å². The number of nitrogens with two attached hydrogens (primary N) is 1. The maximum Gasteiger partial charge on any atom is 0.221 e. The smallest absolute Gasteiger partial charge is 0.221 e. The average Bonchev–Trinajstić information content (AvgIpc) is 2.57. The summed E-state index contributed by atoms with van der Waals surface area (Å²) in [5.74, 6) is -0.0359. The van der Waals surface area contributed by atoms with Crippen molar-refractivity contribution in [3.8, 4) is 0 Å². The molecule has 3 nitrogen and oxygen atoms in total. The van der Waals surface area contributed by atoms with Crippen LogP contribution in [-0.2, 0) is 4.79 Å². The second-order valence-electron chi connectivity index (χ2n) is 5.16. The molecule has 19 heavy (non-hydrogen) atoms. The summed E-state index contributed by atoms with van der Waals surface area (Å²) in [6.45, 7) is 1.52. The highest BCUT2D eigenvalue weighted by Gasteiger charge is 2.21. The Balaban J connectivity index is 1.96. The van der Waals surface area contributed by atoms with Crippen LogP contribution < -0.4 is 11.1 Å². The number of nitrogens with one attached hydrogen (secondary N) is 1. The number of hydrogen-bond acceptors (Lipinski definition) is 3. The third kappa shape index (κ3) is 4.55. The van der Waals surface area contributed by atoms with Crippen LogP contribution in [0.1, 0.15) is 39.0 Å². The molecule has 0 aromatic heterocycles. The zero-order chi connectivity index (χ0) is 13.7. The fourth-order valence-corrected chi connectivity index (χ4v) is 3.68. The molecular weight excluding hydrogens is 256 g/mol. The van der Waals surface area contributed by atoms with Crippen molar-refractivity contribution in [2.75, 3.05) is 5.32 Å². The van der Waals surface area contributed by atoms with Gasteiger partial charge in [-0.3, -0.25) is 4.79 Å². The number of anilines is 1. The SMILES string of the molecule is CC(=O)Nc1ccc(SC2CCCCCC2N)cc1. The maximum atomic E-state index is 11.0. The molecule has 1 aliphatic carbocycles. The minimum absolute atomic E-state index is 0.0359. The van der Waals surface area contributed by atoms with Crippen LogP contribution in [0.15, 0.2) is 29.2 Å². The van der Waals surface area contributed by atoms with Gasteiger partial charge in [-0.05, 0) is 37.1 Å². The zero-order valence-corrected chi connectivity index (χ0v) is 12.2. The van der Waals surface area contributed by atoms with Crippen molar-refractivity contribution in [3.63, 3.8) is 0 Å². The monoisotopic (exact) mass is 278 g/mol. The molecular formula is C15H22N2OS. The van der Waals surface area contributed by atoms with Crippen molar-refractivity contribution in [3.05, 3.63) is 24.3 Å². The molecule has 1 aromatic rings. The van der Waals surface area contributed by atoms with Gasteiger partial charge in [0, 0.05) is 28.8 Å². The molecule has 2 unspecified atom stereocenters. The van der Waals surface area contributed by atoms with Crippen LogP contribution in [0, 0.1) is 0 Å². The number of rotatable bonds is 3. The minimum atomic E-state index is -0.0359. The summed E-state index contributed by atoms with van der Waals surface area (Å²) < 4.78 is 0. The van der Waals surface area contributed by atoms with Crippen molar-refractivity contribution in [2.24, 2.45) is 5.73 Å². The third-order valence-corrected chi connectivity index (χ3v) is 4.90. The van der Waals surface area contributed by atoms with E-state index in [9.17, 15) is 4.79 Å². The molecule has 1 saturated carbocycles. The molecule has 4 heteroatoms. The Kier molecular flexibility index (Phi) is 5.28. The topological polar surface area (TPSA) is 55.1 Å². The first-order valence-corrected chi connectivity index (χ1v) is 7.83. The molecule has 0 saturated heterocycles. The van der Waals surface area contributed by atoms with Gasteiger partial charge in [-0.15, -0.1) is 11.8 Å². The Morgan fingerprint density at radius 3 is 2.58 bits per heavy atom. The predicted octanol–water partition coefficient (Wildman–Crippen LogP) is 3.40. The van der Waals surface area contributed by atoms with E-state index in [4.69, 9.17) is 5.73 Å². The third-order valence-electron chi connectivity index (χ3n) is 3.47. The Labute approximate surface area is 119 Å². The molecule has 3 N–H and O–H groups in total. The van der Waals surface area contributed by atoms with Gasteiger partial charge < -0.3 is 11.1 Å². The lowest BCUT2D eigenvalue weighted by atomic mass is 10.1. The van der Waals surface area contributed by atoms with Crippen molar-refractivity contribution in [1.82, 2.24) is 0 Å². The fraction of sp³-hybridized carbons (Fsp3) is 0.533. The van der Waals surface area contributed by atoms with Crippen LogP contribution in [-0.4, -0.2) is 17.2 Å². The quantitative estimate of drug-likeness (QED) is 0.833. The van der Waals surface area contributed by atoms with Gasteiger partial charge in [0.25, 0.3) is 0 Å². The van der Waals surface area contributed by atoms with E-state index in [2.05, 4.69) is 17.4 Å². The van der Waals surface area contributed by atoms with Gasteiger partial charge >= 0.3 is 0 Å². The lowest BCUT2D eigenvalue weighted by Gasteiger charge is -2.20. The predicted molar refractivity (Wildman–Crippen MR) is 81.5 cm³/mol. The van der Waals surface area contributed by atoms with Gasteiger partial charge in [-0.25, -0.2) is 0 Å². The first-order chi connectivity index (χ1) is 9.15. The molecule has 1 aromatic carbocycles. The lowest BCUT2D eigenvalue weighted by molar-refractivity contribution is -0.114. The number of hydrogen-bond donors (Lipinski definition) is 2. The van der Waals surface area contributed by atoms with E-state index in [1.165, 1.54) is 37.5 Å². The molecule has 104 valence electrons. The van der Waals surface area contributed by atoms with Crippen LogP contribution in [0.3, 0.4) is 0 Å². The van der Waals surface area contributed by atoms with Crippen molar-refractivity contribution >= 4 is 23.4 Å². The molecule has 1 aliphatic rings. The van der Waals surface area contributed by atoms with E-state index in [1.807, 2.05) is 23.9 Å². The first-order valence-electron chi connectivity index (χ1n) is 6.95. The maximum absolute atomic E-state index is 11.0. The standard InChI is InChI=1S/C15H22N2OS/c1-11(18)17-12-7-9-13(10-8-12)19-15-6-4-2-3-5-14(15)16/h7-10,14-15H,2-6,16H2,1H3,(H,17,18). The summed E-state index contributed by atoms with van der Waals surface area (Å²) >= 11 is 1.88. The molecule has 2 atom stereocenters. The minimum Gasteiger partial charge on any atom is -0.327 e. The Morgan fingerprint density at radius 2 is 1.89 bits per heavy atom. The van der Waals surface area contributed by atoms with Gasteiger partial charge in [-0.2, -0.15) is 0 Å². The number of carbonyl (C=O) groups is 1. The van der Waals surface area contributed by atoms with Crippen LogP contribution in [0.2, 0.25) is 0 Å². The number of benzene rings is 1. The van der Waals surface area contributed by atoms with E-state index in [-0.39, 0.29) is 5.91 Å². The van der Waals surface area contributed by atoms with Crippen LogP contribution >= 0.6 is 11.8 Å². The molecule has 0 heterocycles. The van der Waals surface area contributed by atoms with Gasteiger partial charge in [0.2, 0.25) is 5.91 Å². The number of thioether (sulfide) groups is 1. The fourth-order valence-electron chi connectivity index (χ4n) is 2.44. The van der Waals surface area contributed by atoms with Gasteiger partial charge in [0.05, 0.1) is 0 Å². The van der Waals surface area contributed by atoms with E-state index in [0.29, 0.717) is 11.3 Å². The summed E-state index contributed by atoms with van der Waals surface area (Å²) in [4.78, 5) is 12.2. The highest BCUT2D eigenvalue weighted by atomic mass is 32.2. The van der Waals surface area contributed by atoms with Gasteiger partial charge in [0.15, 0.2) is 0 Å². The summed E-state index contributed by atoms with van der Waals surface area (Å²) in [7, 11) is 0. The van der Waals surface area contributed by atoms with Crippen LogP contribution in [0.25, 0.3) is 0 Å². The zero-order valence-electron chi connectivity index (χ0n) is 11.4. The van der Waals surface area contributed by atoms with Crippen molar-refractivity contribution in [2.45, 2.75) is 55.2 Å². The lowest BCUT2D eigenvalue weighted by Crippen LogP contribution is -2.31. The average molecular weight is 278 g/mol. The van der Waals surface area contributed by atoms with E-state index in [1.54, 1.807) is 0 Å². The van der Waals surface area contributed by atoms with Crippen molar-refractivity contribution in [1.29, 1.82) is 0 Å². The molecule has 0 spiro atoms. The Bertz CT molecular complexity index is 419. The second kappa shape index (κ2) is 6.96. The largest absolute Gasteiger partial charge is 0.327 e. The summed E-state index contributed by atoms with van der Waals surface area (Å²) in [6.07, 6.45) is 6.21. The van der Waals surface area contributed by atoms with E-state index < -0.39 is 0 Å². The molecule has 0 bridgehead atoms. The van der Waals surface area contributed by atoms with Gasteiger partial charge in [-0.1, -0.05) is 19.3 Å². The molecule has 0 radical (unpaired) electrons. The van der Waals surface area contributed by atoms with Crippen molar-refractivity contribution < 1.29 is 4.79 Å². The van der Waals surface area contributed by atoms with Crippen LogP contribution in [0.5, 0.6) is 0 Å². The van der Waals surface area contributed by atoms with Crippen LogP contribution in [0.4, 0.5) is 5.69 Å². The Hall–Kier alpha value is -1.00. The molecule has 2 rings (SSSR count).